The minimum atomic E-state index is -0.136. The Morgan fingerprint density at radius 3 is 2.58 bits per heavy atom. The van der Waals surface area contributed by atoms with Crippen molar-refractivity contribution in [2.45, 2.75) is 18.9 Å². The Bertz CT molecular complexity index is 751. The number of benzene rings is 1. The monoisotopic (exact) mass is 357 g/mol. The Kier molecular flexibility index (Phi) is 5.83. The zero-order valence-corrected chi connectivity index (χ0v) is 15.7. The van der Waals surface area contributed by atoms with Crippen molar-refractivity contribution in [3.63, 3.8) is 0 Å². The summed E-state index contributed by atoms with van der Waals surface area (Å²) in [6, 6.07) is 9.58. The standard InChI is InChI=1S/C20H27N3O3/c1-22-10-6-7-17(22)18(23-11-4-5-12-23)14-21-20(24)16-9-8-15(25-2)13-19(16)26-3/h6-10,13,18H,4-5,11-12,14H2,1-3H3,(H,21,24)/t18-/m0/s1. The molecule has 0 unspecified atom stereocenters. The fourth-order valence-electron chi connectivity index (χ4n) is 3.57. The molecular formula is C20H27N3O3. The second-order valence-corrected chi connectivity index (χ2v) is 6.58. The highest BCUT2D eigenvalue weighted by atomic mass is 16.5. The van der Waals surface area contributed by atoms with Crippen LogP contribution < -0.4 is 14.8 Å². The van der Waals surface area contributed by atoms with Gasteiger partial charge < -0.3 is 19.4 Å². The van der Waals surface area contributed by atoms with Gasteiger partial charge in [-0.3, -0.25) is 9.69 Å². The molecule has 1 aliphatic rings. The van der Waals surface area contributed by atoms with Gasteiger partial charge in [0.25, 0.3) is 5.91 Å². The van der Waals surface area contributed by atoms with E-state index in [1.54, 1.807) is 32.4 Å². The first-order valence-electron chi connectivity index (χ1n) is 8.99. The molecule has 0 radical (unpaired) electrons. The summed E-state index contributed by atoms with van der Waals surface area (Å²) in [6.45, 7) is 2.70. The van der Waals surface area contributed by atoms with E-state index in [4.69, 9.17) is 9.47 Å². The third-order valence-corrected chi connectivity index (χ3v) is 5.02. The predicted molar refractivity (Wildman–Crippen MR) is 101 cm³/mol. The van der Waals surface area contributed by atoms with Crippen LogP contribution in [-0.2, 0) is 7.05 Å². The Labute approximate surface area is 154 Å². The van der Waals surface area contributed by atoms with Gasteiger partial charge in [-0.25, -0.2) is 0 Å². The Hall–Kier alpha value is -2.47. The topological polar surface area (TPSA) is 55.7 Å². The molecule has 1 fully saturated rings. The summed E-state index contributed by atoms with van der Waals surface area (Å²) in [6.07, 6.45) is 4.47. The number of rotatable bonds is 7. The quantitative estimate of drug-likeness (QED) is 0.828. The van der Waals surface area contributed by atoms with Crippen LogP contribution in [0.3, 0.4) is 0 Å². The van der Waals surface area contributed by atoms with Gasteiger partial charge in [0, 0.05) is 31.5 Å². The van der Waals surface area contributed by atoms with E-state index in [-0.39, 0.29) is 11.9 Å². The lowest BCUT2D eigenvalue weighted by Crippen LogP contribution is -2.37. The average molecular weight is 357 g/mol. The van der Waals surface area contributed by atoms with Gasteiger partial charge in [0.2, 0.25) is 0 Å². The minimum absolute atomic E-state index is 0.136. The first-order chi connectivity index (χ1) is 12.6. The summed E-state index contributed by atoms with van der Waals surface area (Å²) >= 11 is 0. The zero-order valence-electron chi connectivity index (χ0n) is 15.7. The molecule has 1 aromatic carbocycles. The lowest BCUT2D eigenvalue weighted by molar-refractivity contribution is 0.0933. The van der Waals surface area contributed by atoms with Gasteiger partial charge in [-0.15, -0.1) is 0 Å². The van der Waals surface area contributed by atoms with Gasteiger partial charge in [-0.2, -0.15) is 0 Å². The van der Waals surface area contributed by atoms with Crippen LogP contribution in [0.1, 0.15) is 34.9 Å². The molecule has 0 spiro atoms. The number of ether oxygens (including phenoxy) is 2. The van der Waals surface area contributed by atoms with Crippen molar-refractivity contribution in [2.75, 3.05) is 33.9 Å². The van der Waals surface area contributed by atoms with E-state index >= 15 is 0 Å². The zero-order chi connectivity index (χ0) is 18.5. The SMILES string of the molecule is COc1ccc(C(=O)NC[C@@H](c2cccn2C)N2CCCC2)c(OC)c1. The molecule has 1 amide bonds. The summed E-state index contributed by atoms with van der Waals surface area (Å²) in [4.78, 5) is 15.2. The molecule has 1 N–H and O–H groups in total. The molecule has 0 bridgehead atoms. The number of amides is 1. The third-order valence-electron chi connectivity index (χ3n) is 5.02. The van der Waals surface area contributed by atoms with Crippen LogP contribution in [0.2, 0.25) is 0 Å². The average Bonchev–Trinajstić information content (AvgIpc) is 3.34. The van der Waals surface area contributed by atoms with Gasteiger partial charge in [-0.1, -0.05) is 0 Å². The number of aromatic nitrogens is 1. The molecule has 0 saturated carbocycles. The number of hydrogen-bond acceptors (Lipinski definition) is 4. The second kappa shape index (κ2) is 8.27. The van der Waals surface area contributed by atoms with Crippen LogP contribution in [0.15, 0.2) is 36.5 Å². The summed E-state index contributed by atoms with van der Waals surface area (Å²) < 4.78 is 12.7. The maximum atomic E-state index is 12.7. The van der Waals surface area contributed by atoms with Gasteiger partial charge in [0.15, 0.2) is 0 Å². The Morgan fingerprint density at radius 1 is 1.19 bits per heavy atom. The number of carbonyl (C=O) groups is 1. The van der Waals surface area contributed by atoms with Crippen molar-refractivity contribution in [3.05, 3.63) is 47.8 Å². The van der Waals surface area contributed by atoms with Gasteiger partial charge in [0.05, 0.1) is 25.8 Å². The number of nitrogens with one attached hydrogen (secondary N) is 1. The first kappa shape index (κ1) is 18.3. The Morgan fingerprint density at radius 2 is 1.96 bits per heavy atom. The third kappa shape index (κ3) is 3.85. The number of methoxy groups -OCH3 is 2. The largest absolute Gasteiger partial charge is 0.497 e. The molecule has 2 aromatic rings. The molecule has 2 heterocycles. The van der Waals surface area contributed by atoms with Crippen LogP contribution in [-0.4, -0.2) is 49.2 Å². The summed E-state index contributed by atoms with van der Waals surface area (Å²) in [5, 5.41) is 3.09. The molecule has 1 aromatic heterocycles. The highest BCUT2D eigenvalue weighted by molar-refractivity contribution is 5.97. The van der Waals surface area contributed by atoms with E-state index < -0.39 is 0 Å². The van der Waals surface area contributed by atoms with E-state index in [2.05, 4.69) is 20.9 Å². The molecule has 1 atom stereocenters. The maximum absolute atomic E-state index is 12.7. The van der Waals surface area contributed by atoms with Gasteiger partial charge in [0.1, 0.15) is 11.5 Å². The molecule has 140 valence electrons. The molecule has 0 aliphatic carbocycles. The van der Waals surface area contributed by atoms with E-state index in [0.717, 1.165) is 13.1 Å². The number of aryl methyl sites for hydroxylation is 1. The number of carbonyl (C=O) groups excluding carboxylic acids is 1. The number of nitrogens with zero attached hydrogens (tertiary/aromatic N) is 2. The first-order valence-corrected chi connectivity index (χ1v) is 8.99. The normalized spacial score (nSPS) is 15.7. The molecule has 6 nitrogen and oxygen atoms in total. The van der Waals surface area contributed by atoms with Crippen LogP contribution in [0.4, 0.5) is 0 Å². The van der Waals surface area contributed by atoms with Gasteiger partial charge in [-0.05, 0) is 50.2 Å². The van der Waals surface area contributed by atoms with Crippen molar-refractivity contribution < 1.29 is 14.3 Å². The van der Waals surface area contributed by atoms with Crippen LogP contribution >= 0.6 is 0 Å². The van der Waals surface area contributed by atoms with E-state index in [9.17, 15) is 4.79 Å². The second-order valence-electron chi connectivity index (χ2n) is 6.58. The lowest BCUT2D eigenvalue weighted by Gasteiger charge is -2.28. The van der Waals surface area contributed by atoms with Crippen LogP contribution in [0.25, 0.3) is 0 Å². The maximum Gasteiger partial charge on any atom is 0.255 e. The van der Waals surface area contributed by atoms with Crippen LogP contribution in [0.5, 0.6) is 11.5 Å². The Balaban J connectivity index is 1.74. The summed E-state index contributed by atoms with van der Waals surface area (Å²) in [7, 11) is 5.20. The lowest BCUT2D eigenvalue weighted by atomic mass is 10.1. The van der Waals surface area contributed by atoms with E-state index in [1.807, 2.05) is 19.3 Å². The number of hydrogen-bond donors (Lipinski definition) is 1. The van der Waals surface area contributed by atoms with Crippen molar-refractivity contribution >= 4 is 5.91 Å². The van der Waals surface area contributed by atoms with Crippen molar-refractivity contribution in [3.8, 4) is 11.5 Å². The summed E-state index contributed by atoms with van der Waals surface area (Å²) in [5.41, 5.74) is 1.73. The van der Waals surface area contributed by atoms with Crippen molar-refractivity contribution in [1.82, 2.24) is 14.8 Å². The highest BCUT2D eigenvalue weighted by Crippen LogP contribution is 2.26. The summed E-state index contributed by atoms with van der Waals surface area (Å²) in [5.74, 6) is 1.04. The highest BCUT2D eigenvalue weighted by Gasteiger charge is 2.26. The molecule has 1 aliphatic heterocycles. The number of likely N-dealkylation sites (tertiary alicyclic amines) is 1. The van der Waals surface area contributed by atoms with E-state index in [1.165, 1.54) is 18.5 Å². The molecule has 3 rings (SSSR count). The predicted octanol–water partition coefficient (Wildman–Crippen LogP) is 2.61. The minimum Gasteiger partial charge on any atom is -0.497 e. The van der Waals surface area contributed by atoms with Crippen LogP contribution in [0, 0.1) is 0 Å². The van der Waals surface area contributed by atoms with E-state index in [0.29, 0.717) is 23.6 Å². The smallest absolute Gasteiger partial charge is 0.255 e. The molecular weight excluding hydrogens is 330 g/mol. The fourth-order valence-corrected chi connectivity index (χ4v) is 3.57. The van der Waals surface area contributed by atoms with Crippen molar-refractivity contribution in [2.24, 2.45) is 7.05 Å². The molecule has 6 heteroatoms. The molecule has 1 saturated heterocycles. The van der Waals surface area contributed by atoms with Gasteiger partial charge >= 0.3 is 0 Å². The fraction of sp³-hybridized carbons (Fsp3) is 0.450. The molecule has 26 heavy (non-hydrogen) atoms. The van der Waals surface area contributed by atoms with Crippen molar-refractivity contribution in [1.29, 1.82) is 0 Å².